The van der Waals surface area contributed by atoms with Crippen LogP contribution in [0.25, 0.3) is 0 Å². The van der Waals surface area contributed by atoms with E-state index in [2.05, 4.69) is 5.32 Å². The maximum Gasteiger partial charge on any atom is 0.261 e. The maximum absolute atomic E-state index is 12.4. The molecule has 26 heavy (non-hydrogen) atoms. The Labute approximate surface area is 155 Å². The Morgan fingerprint density at radius 2 is 1.69 bits per heavy atom. The summed E-state index contributed by atoms with van der Waals surface area (Å²) in [6.07, 6.45) is 0.148. The highest BCUT2D eigenvalue weighted by atomic mass is 16.5. The molecule has 2 rings (SSSR count). The molecule has 5 nitrogen and oxygen atoms in total. The molecule has 1 N–H and O–H groups in total. The van der Waals surface area contributed by atoms with Gasteiger partial charge in [0.1, 0.15) is 17.2 Å². The average molecular weight is 357 g/mol. The van der Waals surface area contributed by atoms with Crippen LogP contribution in [0.1, 0.15) is 32.8 Å². The number of amides is 1. The van der Waals surface area contributed by atoms with Crippen molar-refractivity contribution in [1.29, 1.82) is 0 Å². The van der Waals surface area contributed by atoms with Gasteiger partial charge in [0.15, 0.2) is 6.10 Å². The normalized spacial score (nSPS) is 11.7. The van der Waals surface area contributed by atoms with Crippen molar-refractivity contribution in [2.24, 2.45) is 0 Å². The molecular formula is C21H27NO4. The fraction of sp³-hybridized carbons (Fsp3) is 0.381. The second-order valence-corrected chi connectivity index (χ2v) is 6.22. The van der Waals surface area contributed by atoms with Crippen LogP contribution in [0.15, 0.2) is 48.5 Å². The highest BCUT2D eigenvalue weighted by Crippen LogP contribution is 2.19. The van der Waals surface area contributed by atoms with Gasteiger partial charge in [0.2, 0.25) is 0 Å². The molecule has 0 aliphatic rings. The number of carbonyl (C=O) groups excluding carboxylic acids is 1. The summed E-state index contributed by atoms with van der Waals surface area (Å²) in [5, 5.41) is 2.93. The molecule has 0 fully saturated rings. The Bertz CT molecular complexity index is 697. The lowest BCUT2D eigenvalue weighted by Crippen LogP contribution is -2.37. The van der Waals surface area contributed by atoms with Gasteiger partial charge in [0.05, 0.1) is 13.2 Å². The molecule has 140 valence electrons. The molecule has 5 heteroatoms. The van der Waals surface area contributed by atoms with Gasteiger partial charge in [-0.3, -0.25) is 4.79 Å². The summed E-state index contributed by atoms with van der Waals surface area (Å²) in [7, 11) is 1.61. The highest BCUT2D eigenvalue weighted by Gasteiger charge is 2.18. The Balaban J connectivity index is 1.92. The van der Waals surface area contributed by atoms with Crippen molar-refractivity contribution in [3.8, 4) is 17.2 Å². The van der Waals surface area contributed by atoms with E-state index in [9.17, 15) is 4.79 Å². The molecule has 0 aromatic heterocycles. The number of hydrogen-bond acceptors (Lipinski definition) is 4. The summed E-state index contributed by atoms with van der Waals surface area (Å²) >= 11 is 0. The number of nitrogens with one attached hydrogen (secondary N) is 1. The Kier molecular flexibility index (Phi) is 7.33. The first kappa shape index (κ1) is 19.6. The number of benzene rings is 2. The van der Waals surface area contributed by atoms with Crippen molar-refractivity contribution >= 4 is 5.91 Å². The van der Waals surface area contributed by atoms with Crippen molar-refractivity contribution in [1.82, 2.24) is 5.32 Å². The SMILES string of the molecule is CCC(Oc1ccc(OC)cc1)C(=O)NCc1cccc(OC(C)C)c1. The number of methoxy groups -OCH3 is 1. The van der Waals surface area contributed by atoms with Gasteiger partial charge in [-0.1, -0.05) is 19.1 Å². The third kappa shape index (κ3) is 5.99. The summed E-state index contributed by atoms with van der Waals surface area (Å²) in [6.45, 7) is 6.31. The summed E-state index contributed by atoms with van der Waals surface area (Å²) in [5.41, 5.74) is 0.982. The minimum atomic E-state index is -0.543. The Morgan fingerprint density at radius 3 is 2.31 bits per heavy atom. The van der Waals surface area contributed by atoms with E-state index < -0.39 is 6.10 Å². The highest BCUT2D eigenvalue weighted by molar-refractivity contribution is 5.81. The molecule has 0 heterocycles. The van der Waals surface area contributed by atoms with Gasteiger partial charge < -0.3 is 19.5 Å². The number of rotatable bonds is 9. The van der Waals surface area contributed by atoms with Crippen LogP contribution in [-0.2, 0) is 11.3 Å². The predicted molar refractivity (Wildman–Crippen MR) is 102 cm³/mol. The van der Waals surface area contributed by atoms with Crippen LogP contribution < -0.4 is 19.5 Å². The van der Waals surface area contributed by atoms with Crippen molar-refractivity contribution in [3.05, 3.63) is 54.1 Å². The molecule has 2 aromatic rings. The fourth-order valence-electron chi connectivity index (χ4n) is 2.44. The largest absolute Gasteiger partial charge is 0.497 e. The minimum absolute atomic E-state index is 0.113. The van der Waals surface area contributed by atoms with E-state index in [0.717, 1.165) is 17.1 Å². The third-order valence-electron chi connectivity index (χ3n) is 3.74. The van der Waals surface area contributed by atoms with Gasteiger partial charge in [-0.25, -0.2) is 0 Å². The molecule has 2 aromatic carbocycles. The maximum atomic E-state index is 12.4. The first-order chi connectivity index (χ1) is 12.5. The van der Waals surface area contributed by atoms with Gasteiger partial charge >= 0.3 is 0 Å². The van der Waals surface area contributed by atoms with Crippen LogP contribution in [0.5, 0.6) is 17.2 Å². The monoisotopic (exact) mass is 357 g/mol. The van der Waals surface area contributed by atoms with Crippen molar-refractivity contribution in [2.75, 3.05) is 7.11 Å². The summed E-state index contributed by atoms with van der Waals surface area (Å²) in [5.74, 6) is 2.05. The molecule has 0 aliphatic carbocycles. The smallest absolute Gasteiger partial charge is 0.261 e. The summed E-state index contributed by atoms with van der Waals surface area (Å²) in [6, 6.07) is 14.9. The van der Waals surface area contributed by atoms with Crippen LogP contribution in [0.2, 0.25) is 0 Å². The van der Waals surface area contributed by atoms with E-state index in [-0.39, 0.29) is 12.0 Å². The molecule has 0 spiro atoms. The number of hydrogen-bond donors (Lipinski definition) is 1. The van der Waals surface area contributed by atoms with Crippen LogP contribution in [0, 0.1) is 0 Å². The lowest BCUT2D eigenvalue weighted by molar-refractivity contribution is -0.128. The molecule has 1 unspecified atom stereocenters. The Morgan fingerprint density at radius 1 is 1.00 bits per heavy atom. The second kappa shape index (κ2) is 9.70. The number of carbonyl (C=O) groups is 1. The van der Waals surface area contributed by atoms with Crippen molar-refractivity contribution in [3.63, 3.8) is 0 Å². The molecule has 0 saturated carbocycles. The Hall–Kier alpha value is -2.69. The van der Waals surface area contributed by atoms with E-state index in [1.807, 2.05) is 45.0 Å². The van der Waals surface area contributed by atoms with Gasteiger partial charge in [-0.2, -0.15) is 0 Å². The van der Waals surface area contributed by atoms with Crippen LogP contribution >= 0.6 is 0 Å². The van der Waals surface area contributed by atoms with Gasteiger partial charge in [-0.05, 0) is 62.2 Å². The van der Waals surface area contributed by atoms with Gasteiger partial charge in [0.25, 0.3) is 5.91 Å². The van der Waals surface area contributed by atoms with Crippen LogP contribution in [-0.4, -0.2) is 25.2 Å². The molecule has 1 atom stereocenters. The first-order valence-corrected chi connectivity index (χ1v) is 8.85. The summed E-state index contributed by atoms with van der Waals surface area (Å²) < 4.78 is 16.6. The van der Waals surface area contributed by atoms with E-state index in [0.29, 0.717) is 18.7 Å². The lowest BCUT2D eigenvalue weighted by Gasteiger charge is -2.18. The van der Waals surface area contributed by atoms with Crippen LogP contribution in [0.3, 0.4) is 0 Å². The topological polar surface area (TPSA) is 56.8 Å². The van der Waals surface area contributed by atoms with Crippen LogP contribution in [0.4, 0.5) is 0 Å². The molecule has 0 radical (unpaired) electrons. The predicted octanol–water partition coefficient (Wildman–Crippen LogP) is 3.96. The quantitative estimate of drug-likeness (QED) is 0.738. The number of ether oxygens (including phenoxy) is 3. The van der Waals surface area contributed by atoms with Crippen molar-refractivity contribution in [2.45, 2.75) is 45.9 Å². The lowest BCUT2D eigenvalue weighted by atomic mass is 10.2. The van der Waals surface area contributed by atoms with Gasteiger partial charge in [-0.15, -0.1) is 0 Å². The minimum Gasteiger partial charge on any atom is -0.497 e. The van der Waals surface area contributed by atoms with E-state index >= 15 is 0 Å². The zero-order chi connectivity index (χ0) is 18.9. The van der Waals surface area contributed by atoms with E-state index in [1.165, 1.54) is 0 Å². The zero-order valence-corrected chi connectivity index (χ0v) is 15.8. The van der Waals surface area contributed by atoms with E-state index in [4.69, 9.17) is 14.2 Å². The zero-order valence-electron chi connectivity index (χ0n) is 15.8. The molecule has 0 aliphatic heterocycles. The van der Waals surface area contributed by atoms with Gasteiger partial charge in [0, 0.05) is 6.54 Å². The molecule has 0 saturated heterocycles. The van der Waals surface area contributed by atoms with E-state index in [1.54, 1.807) is 31.4 Å². The second-order valence-electron chi connectivity index (χ2n) is 6.22. The molecule has 1 amide bonds. The fourth-order valence-corrected chi connectivity index (χ4v) is 2.44. The summed E-state index contributed by atoms with van der Waals surface area (Å²) in [4.78, 5) is 12.4. The average Bonchev–Trinajstić information content (AvgIpc) is 2.64. The molecular weight excluding hydrogens is 330 g/mol. The third-order valence-corrected chi connectivity index (χ3v) is 3.74. The first-order valence-electron chi connectivity index (χ1n) is 8.85. The van der Waals surface area contributed by atoms with Crippen molar-refractivity contribution < 1.29 is 19.0 Å². The molecule has 0 bridgehead atoms. The standard InChI is InChI=1S/C21H27NO4/c1-5-20(26-18-11-9-17(24-4)10-12-18)21(23)22-14-16-7-6-8-19(13-16)25-15(2)3/h6-13,15,20H,5,14H2,1-4H3,(H,22,23).